The van der Waals surface area contributed by atoms with Gasteiger partial charge in [0, 0.05) is 45.3 Å². The molecule has 2 N–H and O–H groups in total. The van der Waals surface area contributed by atoms with E-state index in [9.17, 15) is 18.0 Å². The van der Waals surface area contributed by atoms with E-state index < -0.39 is 21.8 Å². The fraction of sp³-hybridized carbons (Fsp3) is 0.619. The molecule has 0 unspecified atom stereocenters. The van der Waals surface area contributed by atoms with Crippen LogP contribution in [-0.2, 0) is 24.3 Å². The Morgan fingerprint density at radius 3 is 2.55 bits per heavy atom. The molecule has 0 spiro atoms. The van der Waals surface area contributed by atoms with Crippen LogP contribution < -0.4 is 10.6 Å². The molecule has 0 bridgehead atoms. The summed E-state index contributed by atoms with van der Waals surface area (Å²) in [6, 6.07) is 5.00. The number of amides is 2. The molecule has 0 saturated carbocycles. The first-order valence-electron chi connectivity index (χ1n) is 10.7. The largest absolute Gasteiger partial charge is 0.379 e. The minimum atomic E-state index is -3.67. The van der Waals surface area contributed by atoms with Gasteiger partial charge in [0.2, 0.25) is 10.0 Å². The van der Waals surface area contributed by atoms with E-state index in [0.717, 1.165) is 25.1 Å². The van der Waals surface area contributed by atoms with Crippen molar-refractivity contribution < 1.29 is 22.7 Å². The number of morpholine rings is 1. The first-order chi connectivity index (χ1) is 14.8. The second kappa shape index (κ2) is 10.5. The zero-order chi connectivity index (χ0) is 22.4. The first-order valence-corrected chi connectivity index (χ1v) is 12.2. The lowest BCUT2D eigenvalue weighted by Gasteiger charge is -2.26. The highest BCUT2D eigenvalue weighted by Crippen LogP contribution is 2.28. The van der Waals surface area contributed by atoms with Gasteiger partial charge in [-0.15, -0.1) is 0 Å². The van der Waals surface area contributed by atoms with Crippen LogP contribution in [0.5, 0.6) is 0 Å². The fourth-order valence-corrected chi connectivity index (χ4v) is 5.97. The van der Waals surface area contributed by atoms with Crippen molar-refractivity contribution in [2.24, 2.45) is 0 Å². The van der Waals surface area contributed by atoms with E-state index in [1.165, 1.54) is 4.31 Å². The van der Waals surface area contributed by atoms with E-state index in [2.05, 4.69) is 15.5 Å². The van der Waals surface area contributed by atoms with Crippen LogP contribution in [0.3, 0.4) is 0 Å². The van der Waals surface area contributed by atoms with Crippen molar-refractivity contribution in [2.45, 2.75) is 37.6 Å². The summed E-state index contributed by atoms with van der Waals surface area (Å²) < 4.78 is 33.1. The van der Waals surface area contributed by atoms with Crippen molar-refractivity contribution in [1.29, 1.82) is 0 Å². The van der Waals surface area contributed by atoms with Gasteiger partial charge in [-0.25, -0.2) is 8.42 Å². The van der Waals surface area contributed by atoms with Crippen molar-refractivity contribution in [1.82, 2.24) is 19.8 Å². The summed E-state index contributed by atoms with van der Waals surface area (Å²) in [6.07, 6.45) is 1.36. The second-order valence-corrected chi connectivity index (χ2v) is 9.96. The Kier molecular flexibility index (Phi) is 8.04. The molecule has 0 aliphatic carbocycles. The van der Waals surface area contributed by atoms with Gasteiger partial charge in [0.05, 0.1) is 18.1 Å². The van der Waals surface area contributed by atoms with E-state index >= 15 is 0 Å². The van der Waals surface area contributed by atoms with Crippen LogP contribution in [-0.4, -0.2) is 88.0 Å². The number of rotatable bonds is 7. The van der Waals surface area contributed by atoms with Crippen LogP contribution >= 0.6 is 0 Å². The monoisotopic (exact) mass is 452 g/mol. The molecule has 2 amide bonds. The number of carbonyl (C=O) groups excluding carboxylic acids is 2. The number of nitrogens with zero attached hydrogens (tertiary/aromatic N) is 2. The highest BCUT2D eigenvalue weighted by molar-refractivity contribution is 7.89. The number of carbonyl (C=O) groups is 2. The number of ether oxygens (including phenoxy) is 1. The molecule has 1 aromatic carbocycles. The molecule has 31 heavy (non-hydrogen) atoms. The molecule has 1 aromatic rings. The lowest BCUT2D eigenvalue weighted by atomic mass is 10.2. The number of benzene rings is 1. The maximum atomic E-state index is 13.2. The highest BCUT2D eigenvalue weighted by Gasteiger charge is 2.36. The lowest BCUT2D eigenvalue weighted by molar-refractivity contribution is -0.139. The molecule has 1 atom stereocenters. The minimum Gasteiger partial charge on any atom is -0.379 e. The number of sulfonamides is 1. The van der Waals surface area contributed by atoms with Gasteiger partial charge in [0.25, 0.3) is 0 Å². The summed E-state index contributed by atoms with van der Waals surface area (Å²) in [5, 5.41) is 5.22. The van der Waals surface area contributed by atoms with Crippen molar-refractivity contribution in [3.05, 3.63) is 29.3 Å². The van der Waals surface area contributed by atoms with Gasteiger partial charge in [-0.2, -0.15) is 4.31 Å². The van der Waals surface area contributed by atoms with E-state index in [4.69, 9.17) is 4.74 Å². The predicted octanol–water partition coefficient (Wildman–Crippen LogP) is 0.0211. The molecule has 2 saturated heterocycles. The van der Waals surface area contributed by atoms with Gasteiger partial charge in [-0.05, 0) is 43.9 Å². The van der Waals surface area contributed by atoms with Gasteiger partial charge in [-0.1, -0.05) is 12.1 Å². The average molecular weight is 453 g/mol. The average Bonchev–Trinajstić information content (AvgIpc) is 3.24. The molecule has 2 aliphatic heterocycles. The van der Waals surface area contributed by atoms with Crippen LogP contribution in [0.4, 0.5) is 0 Å². The Labute approximate surface area is 184 Å². The maximum absolute atomic E-state index is 13.2. The first kappa shape index (κ1) is 23.6. The zero-order valence-electron chi connectivity index (χ0n) is 18.2. The summed E-state index contributed by atoms with van der Waals surface area (Å²) in [4.78, 5) is 26.7. The van der Waals surface area contributed by atoms with Gasteiger partial charge in [0.1, 0.15) is 0 Å². The standard InChI is InChI=1S/C21H32N4O5S/c1-16-5-6-17(2)19(14-16)31(28,29)25-8-3-4-18(25)15-23-21(27)20(26)22-7-9-24-10-12-30-13-11-24/h5-6,14,18H,3-4,7-13,15H2,1-2H3,(H,22,26)(H,23,27)/t18-/m1/s1. The van der Waals surface area contributed by atoms with E-state index in [0.29, 0.717) is 49.7 Å². The Hall–Kier alpha value is -2.01. The van der Waals surface area contributed by atoms with Gasteiger partial charge in [0.15, 0.2) is 0 Å². The Bertz CT molecular complexity index is 899. The summed E-state index contributed by atoms with van der Waals surface area (Å²) in [5.41, 5.74) is 1.57. The SMILES string of the molecule is Cc1ccc(C)c(S(=O)(=O)N2CCC[C@@H]2CNC(=O)C(=O)NCCN2CCOCC2)c1. The summed E-state index contributed by atoms with van der Waals surface area (Å²) >= 11 is 0. The normalized spacial score (nSPS) is 20.5. The topological polar surface area (TPSA) is 108 Å². The van der Waals surface area contributed by atoms with E-state index in [1.54, 1.807) is 19.1 Å². The van der Waals surface area contributed by atoms with Crippen LogP contribution in [0.15, 0.2) is 23.1 Å². The number of nitrogens with one attached hydrogen (secondary N) is 2. The van der Waals surface area contributed by atoms with E-state index in [1.807, 2.05) is 13.0 Å². The third-order valence-corrected chi connectivity index (χ3v) is 7.87. The van der Waals surface area contributed by atoms with Crippen molar-refractivity contribution in [3.63, 3.8) is 0 Å². The second-order valence-electron chi connectivity index (χ2n) is 8.10. The summed E-state index contributed by atoms with van der Waals surface area (Å²) in [6.45, 7) is 8.17. The van der Waals surface area contributed by atoms with E-state index in [-0.39, 0.29) is 12.6 Å². The molecular weight excluding hydrogens is 420 g/mol. The molecule has 2 fully saturated rings. The van der Waals surface area contributed by atoms with Crippen molar-refractivity contribution >= 4 is 21.8 Å². The number of aryl methyl sites for hydroxylation is 2. The molecule has 9 nitrogen and oxygen atoms in total. The maximum Gasteiger partial charge on any atom is 0.309 e. The molecule has 3 rings (SSSR count). The van der Waals surface area contributed by atoms with Crippen molar-refractivity contribution in [2.75, 3.05) is 52.5 Å². The predicted molar refractivity (Wildman–Crippen MR) is 116 cm³/mol. The molecule has 172 valence electrons. The minimum absolute atomic E-state index is 0.111. The highest BCUT2D eigenvalue weighted by atomic mass is 32.2. The molecule has 0 aromatic heterocycles. The molecule has 10 heteroatoms. The third-order valence-electron chi connectivity index (χ3n) is 5.78. The fourth-order valence-electron chi connectivity index (χ4n) is 3.96. The molecule has 0 radical (unpaired) electrons. The number of hydrogen-bond acceptors (Lipinski definition) is 6. The smallest absolute Gasteiger partial charge is 0.309 e. The molecule has 2 heterocycles. The molecule has 2 aliphatic rings. The Balaban J connectivity index is 1.51. The number of hydrogen-bond donors (Lipinski definition) is 2. The quantitative estimate of drug-likeness (QED) is 0.565. The summed E-state index contributed by atoms with van der Waals surface area (Å²) in [7, 11) is -3.67. The van der Waals surface area contributed by atoms with Crippen LogP contribution in [0.1, 0.15) is 24.0 Å². The van der Waals surface area contributed by atoms with Crippen molar-refractivity contribution in [3.8, 4) is 0 Å². The van der Waals surface area contributed by atoms with Gasteiger partial charge >= 0.3 is 11.8 Å². The van der Waals surface area contributed by atoms with Gasteiger partial charge < -0.3 is 15.4 Å². The zero-order valence-corrected chi connectivity index (χ0v) is 19.0. The van der Waals surface area contributed by atoms with Crippen LogP contribution in [0.2, 0.25) is 0 Å². The summed E-state index contributed by atoms with van der Waals surface area (Å²) in [5.74, 6) is -1.44. The van der Waals surface area contributed by atoms with Crippen LogP contribution in [0.25, 0.3) is 0 Å². The lowest BCUT2D eigenvalue weighted by Crippen LogP contribution is -2.48. The van der Waals surface area contributed by atoms with Crippen LogP contribution in [0, 0.1) is 13.8 Å². The third kappa shape index (κ3) is 6.03. The van der Waals surface area contributed by atoms with Gasteiger partial charge in [-0.3, -0.25) is 14.5 Å². The Morgan fingerprint density at radius 2 is 1.81 bits per heavy atom. The Morgan fingerprint density at radius 1 is 1.10 bits per heavy atom. The molecular formula is C21H32N4O5S.